The molecule has 0 rings (SSSR count). The first kappa shape index (κ1) is 19.9. The normalized spacial score (nSPS) is 10.5. The molecule has 0 aromatic heterocycles. The summed E-state index contributed by atoms with van der Waals surface area (Å²) in [5.41, 5.74) is 0. The topological polar surface area (TPSA) is 66.4 Å². The van der Waals surface area contributed by atoms with Gasteiger partial charge in [0, 0.05) is 19.4 Å². The lowest BCUT2D eigenvalue weighted by Gasteiger charge is -2.05. The van der Waals surface area contributed by atoms with Gasteiger partial charge in [0.2, 0.25) is 5.91 Å². The van der Waals surface area contributed by atoms with E-state index >= 15 is 0 Å². The highest BCUT2D eigenvalue weighted by molar-refractivity contribution is 5.75. The third-order valence-corrected chi connectivity index (χ3v) is 3.65. The monoisotopic (exact) mass is 299 g/mol. The second-order valence-corrected chi connectivity index (χ2v) is 5.78. The van der Waals surface area contributed by atoms with Crippen LogP contribution in [-0.2, 0) is 9.59 Å². The molecule has 21 heavy (non-hydrogen) atoms. The Hall–Kier alpha value is -1.06. The number of hydrogen-bond acceptors (Lipinski definition) is 2. The highest BCUT2D eigenvalue weighted by Crippen LogP contribution is 2.07. The Morgan fingerprint density at radius 2 is 1.29 bits per heavy atom. The van der Waals surface area contributed by atoms with Gasteiger partial charge in [-0.15, -0.1) is 0 Å². The Kier molecular flexibility index (Phi) is 14.6. The summed E-state index contributed by atoms with van der Waals surface area (Å²) in [4.78, 5) is 21.9. The maximum Gasteiger partial charge on any atom is 0.303 e. The molecule has 0 fully saturated rings. The summed E-state index contributed by atoms with van der Waals surface area (Å²) in [5, 5.41) is 11.5. The van der Waals surface area contributed by atoms with E-state index in [0.717, 1.165) is 45.1 Å². The highest BCUT2D eigenvalue weighted by atomic mass is 16.4. The second kappa shape index (κ2) is 15.3. The highest BCUT2D eigenvalue weighted by Gasteiger charge is 2.01. The summed E-state index contributed by atoms with van der Waals surface area (Å²) in [6, 6.07) is 0. The second-order valence-electron chi connectivity index (χ2n) is 5.78. The molecule has 0 aromatic rings. The third-order valence-electron chi connectivity index (χ3n) is 3.65. The maximum atomic E-state index is 11.6. The fraction of sp³-hybridized carbons (Fsp3) is 0.882. The molecule has 0 aliphatic carbocycles. The van der Waals surface area contributed by atoms with Crippen LogP contribution in [0, 0.1) is 0 Å². The van der Waals surface area contributed by atoms with Crippen LogP contribution in [0.25, 0.3) is 0 Å². The Morgan fingerprint density at radius 1 is 0.762 bits per heavy atom. The van der Waals surface area contributed by atoms with E-state index in [1.54, 1.807) is 0 Å². The SMILES string of the molecule is CCCCCCCCNC(=O)CCCCCCCC(=O)O. The number of carboxylic acids is 1. The molecule has 0 unspecified atom stereocenters. The van der Waals surface area contributed by atoms with Gasteiger partial charge in [0.1, 0.15) is 0 Å². The van der Waals surface area contributed by atoms with Gasteiger partial charge < -0.3 is 10.4 Å². The Labute approximate surface area is 129 Å². The van der Waals surface area contributed by atoms with E-state index in [0.29, 0.717) is 6.42 Å². The predicted molar refractivity (Wildman–Crippen MR) is 86.3 cm³/mol. The van der Waals surface area contributed by atoms with Crippen LogP contribution in [0.1, 0.15) is 90.4 Å². The Bertz CT molecular complexity index is 267. The number of carboxylic acid groups (broad SMARTS) is 1. The van der Waals surface area contributed by atoms with E-state index in [1.165, 1.54) is 32.1 Å². The fourth-order valence-electron chi connectivity index (χ4n) is 2.31. The largest absolute Gasteiger partial charge is 0.481 e. The fourth-order valence-corrected chi connectivity index (χ4v) is 2.31. The van der Waals surface area contributed by atoms with E-state index in [2.05, 4.69) is 12.2 Å². The van der Waals surface area contributed by atoms with Crippen molar-refractivity contribution in [3.05, 3.63) is 0 Å². The van der Waals surface area contributed by atoms with Crippen molar-refractivity contribution in [1.29, 1.82) is 0 Å². The van der Waals surface area contributed by atoms with Crippen molar-refractivity contribution in [2.45, 2.75) is 90.4 Å². The summed E-state index contributed by atoms with van der Waals surface area (Å²) in [5.74, 6) is -0.557. The van der Waals surface area contributed by atoms with E-state index in [1.807, 2.05) is 0 Å². The zero-order valence-electron chi connectivity index (χ0n) is 13.7. The van der Waals surface area contributed by atoms with Crippen LogP contribution in [0.2, 0.25) is 0 Å². The van der Waals surface area contributed by atoms with Gasteiger partial charge in [-0.25, -0.2) is 0 Å². The number of carbonyl (C=O) groups is 2. The van der Waals surface area contributed by atoms with Crippen molar-refractivity contribution in [2.24, 2.45) is 0 Å². The predicted octanol–water partition coefficient (Wildman–Crippen LogP) is 4.28. The Morgan fingerprint density at radius 3 is 1.90 bits per heavy atom. The van der Waals surface area contributed by atoms with E-state index in [4.69, 9.17) is 5.11 Å². The number of aliphatic carboxylic acids is 1. The molecule has 0 aliphatic rings. The van der Waals surface area contributed by atoms with Gasteiger partial charge in [0.15, 0.2) is 0 Å². The number of amides is 1. The standard InChI is InChI=1S/C17H33NO3/c1-2-3-4-5-9-12-15-18-16(19)13-10-7-6-8-11-14-17(20)21/h2-15H2,1H3,(H,18,19)(H,20,21). The lowest BCUT2D eigenvalue weighted by atomic mass is 10.1. The average molecular weight is 299 g/mol. The van der Waals surface area contributed by atoms with Crippen LogP contribution < -0.4 is 5.32 Å². The lowest BCUT2D eigenvalue weighted by Crippen LogP contribution is -2.23. The first-order chi connectivity index (χ1) is 10.2. The molecule has 4 nitrogen and oxygen atoms in total. The van der Waals surface area contributed by atoms with Crippen molar-refractivity contribution in [2.75, 3.05) is 6.54 Å². The zero-order chi connectivity index (χ0) is 15.8. The third kappa shape index (κ3) is 16.9. The molecule has 4 heteroatoms. The molecule has 0 aromatic carbocycles. The Balaban J connectivity index is 3.18. The van der Waals surface area contributed by atoms with Crippen LogP contribution in [0.4, 0.5) is 0 Å². The number of hydrogen-bond donors (Lipinski definition) is 2. The summed E-state index contributed by atoms with van der Waals surface area (Å²) in [6.07, 6.45) is 13.0. The average Bonchev–Trinajstić information content (AvgIpc) is 2.45. The van der Waals surface area contributed by atoms with E-state index in [-0.39, 0.29) is 12.3 Å². The molecule has 1 amide bonds. The molecule has 0 radical (unpaired) electrons. The molecular formula is C17H33NO3. The number of nitrogens with one attached hydrogen (secondary N) is 1. The molecule has 0 aliphatic heterocycles. The number of unbranched alkanes of at least 4 members (excludes halogenated alkanes) is 9. The van der Waals surface area contributed by atoms with Crippen LogP contribution >= 0.6 is 0 Å². The van der Waals surface area contributed by atoms with Crippen LogP contribution in [-0.4, -0.2) is 23.5 Å². The minimum absolute atomic E-state index is 0.161. The minimum atomic E-state index is -0.718. The molecule has 0 heterocycles. The van der Waals surface area contributed by atoms with Crippen molar-refractivity contribution < 1.29 is 14.7 Å². The van der Waals surface area contributed by atoms with Gasteiger partial charge in [0.25, 0.3) is 0 Å². The maximum absolute atomic E-state index is 11.6. The zero-order valence-corrected chi connectivity index (χ0v) is 13.7. The van der Waals surface area contributed by atoms with Crippen LogP contribution in [0.5, 0.6) is 0 Å². The van der Waals surface area contributed by atoms with Gasteiger partial charge in [-0.3, -0.25) is 9.59 Å². The molecule has 0 saturated heterocycles. The summed E-state index contributed by atoms with van der Waals surface area (Å²) in [7, 11) is 0. The van der Waals surface area contributed by atoms with Crippen molar-refractivity contribution in [3.63, 3.8) is 0 Å². The molecule has 0 spiro atoms. The minimum Gasteiger partial charge on any atom is -0.481 e. The summed E-state index contributed by atoms with van der Waals surface area (Å²) < 4.78 is 0. The van der Waals surface area contributed by atoms with E-state index in [9.17, 15) is 9.59 Å². The summed E-state index contributed by atoms with van der Waals surface area (Å²) >= 11 is 0. The quantitative estimate of drug-likeness (QED) is 0.444. The first-order valence-corrected chi connectivity index (χ1v) is 8.65. The van der Waals surface area contributed by atoms with Crippen LogP contribution in [0.3, 0.4) is 0 Å². The lowest BCUT2D eigenvalue weighted by molar-refractivity contribution is -0.137. The van der Waals surface area contributed by atoms with Gasteiger partial charge in [-0.2, -0.15) is 0 Å². The molecule has 0 saturated carbocycles. The molecule has 0 bridgehead atoms. The first-order valence-electron chi connectivity index (χ1n) is 8.65. The molecular weight excluding hydrogens is 266 g/mol. The van der Waals surface area contributed by atoms with Crippen molar-refractivity contribution in [3.8, 4) is 0 Å². The summed E-state index contributed by atoms with van der Waals surface area (Å²) in [6.45, 7) is 3.02. The molecule has 0 atom stereocenters. The van der Waals surface area contributed by atoms with Gasteiger partial charge in [-0.1, -0.05) is 58.3 Å². The number of carbonyl (C=O) groups excluding carboxylic acids is 1. The van der Waals surface area contributed by atoms with Gasteiger partial charge in [-0.05, 0) is 19.3 Å². The van der Waals surface area contributed by atoms with E-state index < -0.39 is 5.97 Å². The number of rotatable bonds is 15. The van der Waals surface area contributed by atoms with Crippen molar-refractivity contribution >= 4 is 11.9 Å². The molecule has 124 valence electrons. The van der Waals surface area contributed by atoms with Crippen LogP contribution in [0.15, 0.2) is 0 Å². The van der Waals surface area contributed by atoms with Crippen molar-refractivity contribution in [1.82, 2.24) is 5.32 Å². The van der Waals surface area contributed by atoms with Gasteiger partial charge in [0.05, 0.1) is 0 Å². The molecule has 2 N–H and O–H groups in total. The smallest absolute Gasteiger partial charge is 0.303 e. The van der Waals surface area contributed by atoms with Gasteiger partial charge >= 0.3 is 5.97 Å².